The lowest BCUT2D eigenvalue weighted by Crippen LogP contribution is -2.19. The number of rotatable bonds is 9. The van der Waals surface area contributed by atoms with Gasteiger partial charge >= 0.3 is 10.8 Å². The van der Waals surface area contributed by atoms with Crippen LogP contribution in [0.15, 0.2) is 29.1 Å². The van der Waals surface area contributed by atoms with Gasteiger partial charge in [-0.25, -0.2) is 0 Å². The third-order valence-electron chi connectivity index (χ3n) is 3.91. The average Bonchev–Trinajstić information content (AvgIpc) is 2.85. The minimum Gasteiger partial charge on any atom is -0.463 e. The first-order chi connectivity index (χ1) is 11.1. The molecule has 1 heterocycles. The Balaban J connectivity index is 1.82. The molecule has 0 aliphatic carbocycles. The van der Waals surface area contributed by atoms with Gasteiger partial charge in [0.1, 0.15) is 0 Å². The zero-order chi connectivity index (χ0) is 16.7. The van der Waals surface area contributed by atoms with Crippen LogP contribution in [-0.2, 0) is 16.1 Å². The zero-order valence-corrected chi connectivity index (χ0v) is 14.7. The molecule has 0 bridgehead atoms. The van der Waals surface area contributed by atoms with Gasteiger partial charge in [0.15, 0.2) is 0 Å². The summed E-state index contributed by atoms with van der Waals surface area (Å²) in [7, 11) is 0. The molecule has 4 nitrogen and oxygen atoms in total. The Labute approximate surface area is 141 Å². The van der Waals surface area contributed by atoms with Crippen molar-refractivity contribution in [1.82, 2.24) is 4.57 Å². The lowest BCUT2D eigenvalue weighted by molar-refractivity contribution is -0.148. The van der Waals surface area contributed by atoms with Crippen LogP contribution in [-0.4, -0.2) is 16.6 Å². The molecule has 23 heavy (non-hydrogen) atoms. The number of hydrogen-bond acceptors (Lipinski definition) is 4. The van der Waals surface area contributed by atoms with Crippen LogP contribution in [0, 0.1) is 0 Å². The standard InChI is InChI=1S/C18H25NO3S/c1-3-4-5-6-9-14(2)22-17(20)12-13-19-15-10-7-8-11-16(15)23-18(19)21/h7-8,10-11,14H,3-6,9,12-13H2,1-2H3/t14-/m1/s1. The molecule has 1 atom stereocenters. The first kappa shape index (κ1) is 17.7. The molecule has 0 N–H and O–H groups in total. The van der Waals surface area contributed by atoms with E-state index in [1.165, 1.54) is 30.6 Å². The minimum absolute atomic E-state index is 0.0217. The minimum atomic E-state index is -0.227. The number of esters is 1. The van der Waals surface area contributed by atoms with E-state index in [-0.39, 0.29) is 23.4 Å². The van der Waals surface area contributed by atoms with Crippen LogP contribution < -0.4 is 4.87 Å². The largest absolute Gasteiger partial charge is 0.463 e. The Morgan fingerprint density at radius 1 is 1.26 bits per heavy atom. The normalized spacial score (nSPS) is 12.4. The fourth-order valence-electron chi connectivity index (χ4n) is 2.63. The summed E-state index contributed by atoms with van der Waals surface area (Å²) in [6, 6.07) is 7.66. The van der Waals surface area contributed by atoms with Gasteiger partial charge in [-0.2, -0.15) is 0 Å². The molecule has 0 aliphatic heterocycles. The highest BCUT2D eigenvalue weighted by atomic mass is 32.1. The third-order valence-corrected chi connectivity index (χ3v) is 4.87. The molecule has 0 radical (unpaired) electrons. The van der Waals surface area contributed by atoms with Gasteiger partial charge < -0.3 is 4.74 Å². The summed E-state index contributed by atoms with van der Waals surface area (Å²) in [4.78, 5) is 23.9. The van der Waals surface area contributed by atoms with Crippen LogP contribution in [0.3, 0.4) is 0 Å². The van der Waals surface area contributed by atoms with Crippen LogP contribution in [0.4, 0.5) is 0 Å². The van der Waals surface area contributed by atoms with Crippen molar-refractivity contribution in [3.63, 3.8) is 0 Å². The van der Waals surface area contributed by atoms with Crippen molar-refractivity contribution in [2.45, 2.75) is 65.0 Å². The number of fused-ring (bicyclic) bond motifs is 1. The van der Waals surface area contributed by atoms with E-state index in [9.17, 15) is 9.59 Å². The summed E-state index contributed by atoms with van der Waals surface area (Å²) in [5, 5.41) is 0. The lowest BCUT2D eigenvalue weighted by atomic mass is 10.1. The van der Waals surface area contributed by atoms with Gasteiger partial charge in [0.2, 0.25) is 0 Å². The summed E-state index contributed by atoms with van der Waals surface area (Å²) in [5.41, 5.74) is 0.892. The second kappa shape index (κ2) is 8.87. The van der Waals surface area contributed by atoms with Crippen molar-refractivity contribution in [2.75, 3.05) is 0 Å². The second-order valence-electron chi connectivity index (χ2n) is 5.89. The topological polar surface area (TPSA) is 48.3 Å². The van der Waals surface area contributed by atoms with Crippen LogP contribution in [0.25, 0.3) is 10.2 Å². The van der Waals surface area contributed by atoms with Crippen LogP contribution in [0.5, 0.6) is 0 Å². The Morgan fingerprint density at radius 2 is 2.04 bits per heavy atom. The molecular weight excluding hydrogens is 310 g/mol. The molecule has 0 amide bonds. The molecule has 2 aromatic rings. The Kier molecular flexibility index (Phi) is 6.84. The predicted molar refractivity (Wildman–Crippen MR) is 95.0 cm³/mol. The molecule has 126 valence electrons. The predicted octanol–water partition coefficient (Wildman–Crippen LogP) is 4.36. The van der Waals surface area contributed by atoms with Gasteiger partial charge in [0, 0.05) is 6.54 Å². The fraction of sp³-hybridized carbons (Fsp3) is 0.556. The Bertz CT molecular complexity index is 689. The summed E-state index contributed by atoms with van der Waals surface area (Å²) in [5.74, 6) is -0.227. The third kappa shape index (κ3) is 5.20. The van der Waals surface area contributed by atoms with Gasteiger partial charge in [-0.15, -0.1) is 0 Å². The zero-order valence-electron chi connectivity index (χ0n) is 13.9. The number of carbonyl (C=O) groups excluding carboxylic acids is 1. The molecule has 1 aromatic heterocycles. The summed E-state index contributed by atoms with van der Waals surface area (Å²) in [6.07, 6.45) is 5.82. The quantitative estimate of drug-likeness (QED) is 0.505. The summed E-state index contributed by atoms with van der Waals surface area (Å²) >= 11 is 1.22. The number of benzene rings is 1. The number of nitrogens with zero attached hydrogens (tertiary/aromatic N) is 1. The van der Waals surface area contributed by atoms with E-state index < -0.39 is 0 Å². The molecule has 0 saturated heterocycles. The maximum atomic E-state index is 12.0. The summed E-state index contributed by atoms with van der Waals surface area (Å²) < 4.78 is 8.04. The van der Waals surface area contributed by atoms with Crippen LogP contribution >= 0.6 is 11.3 Å². The van der Waals surface area contributed by atoms with Crippen molar-refractivity contribution in [1.29, 1.82) is 0 Å². The highest BCUT2D eigenvalue weighted by Crippen LogP contribution is 2.17. The first-order valence-corrected chi connectivity index (χ1v) is 9.21. The van der Waals surface area contributed by atoms with Crippen molar-refractivity contribution in [3.05, 3.63) is 33.9 Å². The number of carbonyl (C=O) groups is 1. The fourth-order valence-corrected chi connectivity index (χ4v) is 3.55. The number of hydrogen-bond donors (Lipinski definition) is 0. The molecule has 0 aliphatic rings. The van der Waals surface area contributed by atoms with Crippen LogP contribution in [0.2, 0.25) is 0 Å². The van der Waals surface area contributed by atoms with Gasteiger partial charge in [-0.1, -0.05) is 49.7 Å². The highest BCUT2D eigenvalue weighted by molar-refractivity contribution is 7.16. The van der Waals surface area contributed by atoms with E-state index in [0.717, 1.165) is 23.1 Å². The van der Waals surface area contributed by atoms with E-state index in [1.54, 1.807) is 4.57 Å². The van der Waals surface area contributed by atoms with Gasteiger partial charge in [-0.05, 0) is 31.9 Å². The first-order valence-electron chi connectivity index (χ1n) is 8.39. The van der Waals surface area contributed by atoms with Gasteiger partial charge in [0.05, 0.1) is 22.7 Å². The lowest BCUT2D eigenvalue weighted by Gasteiger charge is -2.13. The maximum Gasteiger partial charge on any atom is 0.308 e. The van der Waals surface area contributed by atoms with Crippen molar-refractivity contribution in [3.8, 4) is 0 Å². The number of aryl methyl sites for hydroxylation is 1. The van der Waals surface area contributed by atoms with Crippen molar-refractivity contribution >= 4 is 27.5 Å². The highest BCUT2D eigenvalue weighted by Gasteiger charge is 2.12. The average molecular weight is 335 g/mol. The number of unbranched alkanes of at least 4 members (excludes halogenated alkanes) is 3. The SMILES string of the molecule is CCCCCC[C@@H](C)OC(=O)CCn1c(=O)sc2ccccc21. The molecule has 1 aromatic carbocycles. The molecule has 0 fully saturated rings. The van der Waals surface area contributed by atoms with E-state index in [0.29, 0.717) is 6.54 Å². The molecule has 5 heteroatoms. The monoisotopic (exact) mass is 335 g/mol. The van der Waals surface area contributed by atoms with Crippen molar-refractivity contribution < 1.29 is 9.53 Å². The number of aromatic nitrogens is 1. The van der Waals surface area contributed by atoms with Gasteiger partial charge in [-0.3, -0.25) is 14.2 Å². The summed E-state index contributed by atoms with van der Waals surface area (Å²) in [6.45, 7) is 4.50. The van der Waals surface area contributed by atoms with Crippen LogP contribution in [0.1, 0.15) is 52.4 Å². The molecule has 0 spiro atoms. The molecule has 0 unspecified atom stereocenters. The van der Waals surface area contributed by atoms with E-state index in [2.05, 4.69) is 6.92 Å². The second-order valence-corrected chi connectivity index (χ2v) is 6.88. The number of para-hydroxylation sites is 1. The smallest absolute Gasteiger partial charge is 0.308 e. The number of ether oxygens (including phenoxy) is 1. The van der Waals surface area contributed by atoms with Crippen molar-refractivity contribution in [2.24, 2.45) is 0 Å². The van der Waals surface area contributed by atoms with E-state index in [1.807, 2.05) is 31.2 Å². The Morgan fingerprint density at radius 3 is 2.83 bits per heavy atom. The maximum absolute atomic E-state index is 12.0. The molecule has 0 saturated carbocycles. The Hall–Kier alpha value is -1.62. The van der Waals surface area contributed by atoms with E-state index >= 15 is 0 Å². The molecular formula is C18H25NO3S. The van der Waals surface area contributed by atoms with Gasteiger partial charge in [0.25, 0.3) is 0 Å². The number of thiazole rings is 1. The van der Waals surface area contributed by atoms with E-state index in [4.69, 9.17) is 4.74 Å². The molecule has 2 rings (SSSR count).